The molecule has 1 atom stereocenters. The molecule has 1 aromatic heterocycles. The molecule has 3 rings (SSSR count). The molecule has 0 fully saturated rings. The van der Waals surface area contributed by atoms with E-state index < -0.39 is 17.7 Å². The average molecular weight is 346 g/mol. The predicted molar refractivity (Wildman–Crippen MR) is 89.2 cm³/mol. The Balaban J connectivity index is 2.22. The second-order valence-electron chi connectivity index (χ2n) is 5.50. The number of hydrogen-bond donors (Lipinski definition) is 2. The lowest BCUT2D eigenvalue weighted by molar-refractivity contribution is -0.138. The molecule has 0 amide bonds. The van der Waals surface area contributed by atoms with Crippen LogP contribution in [0.25, 0.3) is 10.9 Å². The van der Waals surface area contributed by atoms with Crippen molar-refractivity contribution in [2.75, 3.05) is 0 Å². The van der Waals surface area contributed by atoms with Gasteiger partial charge in [0.1, 0.15) is 5.82 Å². The summed E-state index contributed by atoms with van der Waals surface area (Å²) in [5.74, 6) is -2.82. The van der Waals surface area contributed by atoms with Gasteiger partial charge in [0, 0.05) is 27.1 Å². The van der Waals surface area contributed by atoms with Crippen molar-refractivity contribution < 1.29 is 19.1 Å². The Hall–Kier alpha value is -2.66. The van der Waals surface area contributed by atoms with Gasteiger partial charge in [0.05, 0.1) is 11.6 Å². The van der Waals surface area contributed by atoms with Crippen molar-refractivity contribution in [1.82, 2.24) is 4.98 Å². The monoisotopic (exact) mass is 345 g/mol. The molecule has 0 aliphatic rings. The van der Waals surface area contributed by atoms with E-state index in [0.29, 0.717) is 27.1 Å². The molecule has 6 heteroatoms. The first kappa shape index (κ1) is 16.2. The molecule has 4 nitrogen and oxygen atoms in total. The number of hydrogen-bond acceptors (Lipinski definition) is 2. The molecule has 2 aromatic carbocycles. The predicted octanol–water partition coefficient (Wildman–Crippen LogP) is 4.38. The number of halogens is 2. The molecule has 1 heterocycles. The number of benzene rings is 2. The minimum Gasteiger partial charge on any atom is -0.481 e. The Labute approximate surface area is 141 Å². The molecule has 0 aliphatic heterocycles. The number of ketones is 1. The smallest absolute Gasteiger partial charge is 0.310 e. The van der Waals surface area contributed by atoms with Gasteiger partial charge in [-0.05, 0) is 49.4 Å². The van der Waals surface area contributed by atoms with Gasteiger partial charge >= 0.3 is 5.97 Å². The molecule has 122 valence electrons. The summed E-state index contributed by atoms with van der Waals surface area (Å²) in [6, 6.07) is 10.2. The Morgan fingerprint density at radius 2 is 1.83 bits per heavy atom. The minimum absolute atomic E-state index is 0.146. The number of rotatable bonds is 4. The first-order chi connectivity index (χ1) is 11.4. The first-order valence-electron chi connectivity index (χ1n) is 7.22. The normalized spacial score (nSPS) is 12.3. The van der Waals surface area contributed by atoms with Crippen LogP contribution in [-0.2, 0) is 4.79 Å². The van der Waals surface area contributed by atoms with Crippen molar-refractivity contribution in [3.05, 3.63) is 70.1 Å². The van der Waals surface area contributed by atoms with Crippen LogP contribution < -0.4 is 0 Å². The SMILES string of the molecule is CC(C(=O)O)c1c(C(=O)c2ccc(Cl)cc2)[nH]c2cc(F)ccc12. The number of aliphatic carboxylic acids is 1. The third kappa shape index (κ3) is 2.78. The number of carbonyl (C=O) groups excluding carboxylic acids is 1. The zero-order chi connectivity index (χ0) is 17.4. The van der Waals surface area contributed by atoms with Crippen LogP contribution in [0.4, 0.5) is 4.39 Å². The number of aromatic nitrogens is 1. The lowest BCUT2D eigenvalue weighted by atomic mass is 9.94. The summed E-state index contributed by atoms with van der Waals surface area (Å²) in [5, 5.41) is 10.4. The number of carboxylic acids is 1. The third-order valence-electron chi connectivity index (χ3n) is 3.94. The second kappa shape index (κ2) is 6.09. The fourth-order valence-corrected chi connectivity index (χ4v) is 2.82. The largest absolute Gasteiger partial charge is 0.481 e. The summed E-state index contributed by atoms with van der Waals surface area (Å²) >= 11 is 5.83. The molecule has 1 unspecified atom stereocenters. The quantitative estimate of drug-likeness (QED) is 0.689. The van der Waals surface area contributed by atoms with Crippen molar-refractivity contribution in [3.63, 3.8) is 0 Å². The van der Waals surface area contributed by atoms with Crippen molar-refractivity contribution in [3.8, 4) is 0 Å². The van der Waals surface area contributed by atoms with E-state index in [0.717, 1.165) is 0 Å². The maximum atomic E-state index is 13.5. The van der Waals surface area contributed by atoms with Crippen LogP contribution in [0.3, 0.4) is 0 Å². The topological polar surface area (TPSA) is 70.2 Å². The molecular formula is C18H13ClFNO3. The molecule has 3 aromatic rings. The number of H-pyrrole nitrogens is 1. The molecule has 2 N–H and O–H groups in total. The van der Waals surface area contributed by atoms with Crippen molar-refractivity contribution in [1.29, 1.82) is 0 Å². The van der Waals surface area contributed by atoms with Crippen LogP contribution >= 0.6 is 11.6 Å². The molecule has 0 saturated heterocycles. The maximum Gasteiger partial charge on any atom is 0.310 e. The molecule has 0 aliphatic carbocycles. The Kier molecular flexibility index (Phi) is 4.11. The summed E-state index contributed by atoms with van der Waals surface area (Å²) < 4.78 is 13.5. The highest BCUT2D eigenvalue weighted by atomic mass is 35.5. The highest BCUT2D eigenvalue weighted by molar-refractivity contribution is 6.30. The molecule has 24 heavy (non-hydrogen) atoms. The van der Waals surface area contributed by atoms with Crippen LogP contribution in [0.15, 0.2) is 42.5 Å². The van der Waals surface area contributed by atoms with Gasteiger partial charge in [-0.1, -0.05) is 11.6 Å². The van der Waals surface area contributed by atoms with Crippen molar-refractivity contribution in [2.24, 2.45) is 0 Å². The van der Waals surface area contributed by atoms with Crippen LogP contribution in [-0.4, -0.2) is 21.8 Å². The lowest BCUT2D eigenvalue weighted by Crippen LogP contribution is -2.12. The Morgan fingerprint density at radius 3 is 2.46 bits per heavy atom. The van der Waals surface area contributed by atoms with Crippen LogP contribution in [0.5, 0.6) is 0 Å². The summed E-state index contributed by atoms with van der Waals surface area (Å²) in [6.07, 6.45) is 0. The van der Waals surface area contributed by atoms with Gasteiger partial charge in [0.25, 0.3) is 0 Å². The van der Waals surface area contributed by atoms with E-state index in [-0.39, 0.29) is 11.5 Å². The Bertz CT molecular complexity index is 947. The van der Waals surface area contributed by atoms with Gasteiger partial charge in [-0.25, -0.2) is 4.39 Å². The van der Waals surface area contributed by atoms with E-state index in [2.05, 4.69) is 4.98 Å². The van der Waals surface area contributed by atoms with Crippen LogP contribution in [0.2, 0.25) is 5.02 Å². The molecule has 0 radical (unpaired) electrons. The maximum absolute atomic E-state index is 13.5. The fourth-order valence-electron chi connectivity index (χ4n) is 2.69. The molecule has 0 bridgehead atoms. The van der Waals surface area contributed by atoms with E-state index in [1.807, 2.05) is 0 Å². The minimum atomic E-state index is -1.06. The zero-order valence-electron chi connectivity index (χ0n) is 12.6. The van der Waals surface area contributed by atoms with Gasteiger partial charge in [0.15, 0.2) is 0 Å². The number of carbonyl (C=O) groups is 2. The lowest BCUT2D eigenvalue weighted by Gasteiger charge is -2.09. The number of nitrogens with one attached hydrogen (secondary N) is 1. The molecule has 0 spiro atoms. The first-order valence-corrected chi connectivity index (χ1v) is 7.60. The fraction of sp³-hybridized carbons (Fsp3) is 0.111. The number of carboxylic acid groups (broad SMARTS) is 1. The van der Waals surface area contributed by atoms with Gasteiger partial charge in [-0.2, -0.15) is 0 Å². The summed E-state index contributed by atoms with van der Waals surface area (Å²) in [6.45, 7) is 1.49. The van der Waals surface area contributed by atoms with E-state index in [4.69, 9.17) is 11.6 Å². The van der Waals surface area contributed by atoms with Gasteiger partial charge in [-0.15, -0.1) is 0 Å². The summed E-state index contributed by atoms with van der Waals surface area (Å²) in [7, 11) is 0. The highest BCUT2D eigenvalue weighted by Gasteiger charge is 2.26. The van der Waals surface area contributed by atoms with Gasteiger partial charge in [-0.3, -0.25) is 9.59 Å². The zero-order valence-corrected chi connectivity index (χ0v) is 13.4. The van der Waals surface area contributed by atoms with Crippen molar-refractivity contribution >= 4 is 34.3 Å². The van der Waals surface area contributed by atoms with E-state index >= 15 is 0 Å². The Morgan fingerprint density at radius 1 is 1.17 bits per heavy atom. The van der Waals surface area contributed by atoms with Crippen LogP contribution in [0.1, 0.15) is 34.5 Å². The van der Waals surface area contributed by atoms with E-state index in [1.54, 1.807) is 24.3 Å². The standard InChI is InChI=1S/C18H13ClFNO3/c1-9(18(23)24)15-13-7-6-12(20)8-14(13)21-16(15)17(22)10-2-4-11(19)5-3-10/h2-9,21H,1H3,(H,23,24). The average Bonchev–Trinajstić information content (AvgIpc) is 2.92. The summed E-state index contributed by atoms with van der Waals surface area (Å²) in [5.41, 5.74) is 1.24. The third-order valence-corrected chi connectivity index (χ3v) is 4.19. The molecular weight excluding hydrogens is 333 g/mol. The van der Waals surface area contributed by atoms with E-state index in [9.17, 15) is 19.1 Å². The number of aromatic amines is 1. The summed E-state index contributed by atoms with van der Waals surface area (Å²) in [4.78, 5) is 27.1. The highest BCUT2D eigenvalue weighted by Crippen LogP contribution is 2.31. The van der Waals surface area contributed by atoms with Crippen LogP contribution in [0, 0.1) is 5.82 Å². The van der Waals surface area contributed by atoms with Gasteiger partial charge < -0.3 is 10.1 Å². The van der Waals surface area contributed by atoms with Crippen molar-refractivity contribution in [2.45, 2.75) is 12.8 Å². The second-order valence-corrected chi connectivity index (χ2v) is 5.94. The van der Waals surface area contributed by atoms with Gasteiger partial charge in [0.2, 0.25) is 5.78 Å². The van der Waals surface area contributed by atoms with E-state index in [1.165, 1.54) is 25.1 Å². The number of fused-ring (bicyclic) bond motifs is 1. The molecule has 0 saturated carbocycles.